The van der Waals surface area contributed by atoms with Crippen LogP contribution in [-0.4, -0.2) is 6.54 Å². The maximum atomic E-state index is 5.81. The van der Waals surface area contributed by atoms with Gasteiger partial charge in [0.05, 0.1) is 11.4 Å². The van der Waals surface area contributed by atoms with E-state index < -0.39 is 0 Å². The second-order valence-electron chi connectivity index (χ2n) is 2.63. The molecule has 0 spiro atoms. The highest BCUT2D eigenvalue weighted by molar-refractivity contribution is 9.10. The lowest BCUT2D eigenvalue weighted by Crippen LogP contribution is -2.02. The molecule has 0 radical (unpaired) electrons. The molecule has 66 valence electrons. The summed E-state index contributed by atoms with van der Waals surface area (Å²) < 4.78 is 0.948. The molecule has 0 aliphatic carbocycles. The fourth-order valence-corrected chi connectivity index (χ4v) is 1.32. The molecule has 0 unspecified atom stereocenters. The summed E-state index contributed by atoms with van der Waals surface area (Å²) in [4.78, 5) is 0. The topological polar surface area (TPSA) is 38.0 Å². The van der Waals surface area contributed by atoms with Crippen molar-refractivity contribution in [3.05, 3.63) is 22.7 Å². The molecule has 0 bridgehead atoms. The van der Waals surface area contributed by atoms with Crippen LogP contribution in [0.15, 0.2) is 22.7 Å². The summed E-state index contributed by atoms with van der Waals surface area (Å²) in [6.45, 7) is 3.09. The quantitative estimate of drug-likeness (QED) is 0.782. The number of nitrogen functional groups attached to an aromatic ring is 1. The van der Waals surface area contributed by atoms with Crippen LogP contribution >= 0.6 is 15.9 Å². The number of rotatable bonds is 3. The van der Waals surface area contributed by atoms with Crippen molar-refractivity contribution in [2.75, 3.05) is 17.6 Å². The monoisotopic (exact) mass is 228 g/mol. The number of hydrogen-bond donors (Lipinski definition) is 2. The molecule has 1 aromatic carbocycles. The summed E-state index contributed by atoms with van der Waals surface area (Å²) in [5.74, 6) is 0. The largest absolute Gasteiger partial charge is 0.396 e. The van der Waals surface area contributed by atoms with E-state index in [9.17, 15) is 0 Å². The molecule has 1 aromatic rings. The van der Waals surface area contributed by atoms with Crippen LogP contribution in [-0.2, 0) is 0 Å². The molecule has 0 aromatic heterocycles. The zero-order valence-corrected chi connectivity index (χ0v) is 8.69. The minimum atomic E-state index is 0.783. The lowest BCUT2D eigenvalue weighted by Gasteiger charge is -2.08. The molecule has 0 fully saturated rings. The van der Waals surface area contributed by atoms with Gasteiger partial charge in [0, 0.05) is 11.0 Å². The van der Waals surface area contributed by atoms with Crippen molar-refractivity contribution in [3.63, 3.8) is 0 Å². The van der Waals surface area contributed by atoms with Gasteiger partial charge in [0.2, 0.25) is 0 Å². The van der Waals surface area contributed by atoms with Crippen LogP contribution in [0, 0.1) is 0 Å². The van der Waals surface area contributed by atoms with Gasteiger partial charge in [0.25, 0.3) is 0 Å². The van der Waals surface area contributed by atoms with E-state index in [0.29, 0.717) is 0 Å². The van der Waals surface area contributed by atoms with Crippen molar-refractivity contribution < 1.29 is 0 Å². The highest BCUT2D eigenvalue weighted by Gasteiger charge is 1.99. The summed E-state index contributed by atoms with van der Waals surface area (Å²) in [5, 5.41) is 3.25. The van der Waals surface area contributed by atoms with Gasteiger partial charge >= 0.3 is 0 Å². The fourth-order valence-electron chi connectivity index (χ4n) is 0.951. The average Bonchev–Trinajstić information content (AvgIpc) is 2.08. The molecule has 3 heteroatoms. The van der Waals surface area contributed by atoms with Crippen LogP contribution in [0.4, 0.5) is 11.4 Å². The van der Waals surface area contributed by atoms with E-state index in [1.54, 1.807) is 0 Å². The maximum Gasteiger partial charge on any atom is 0.0694 e. The fraction of sp³-hybridized carbons (Fsp3) is 0.333. The number of nitrogens with one attached hydrogen (secondary N) is 1. The predicted molar refractivity (Wildman–Crippen MR) is 57.3 cm³/mol. The van der Waals surface area contributed by atoms with Crippen molar-refractivity contribution >= 4 is 27.3 Å². The third kappa shape index (κ3) is 2.14. The van der Waals surface area contributed by atoms with Gasteiger partial charge < -0.3 is 11.1 Å². The van der Waals surface area contributed by atoms with E-state index in [1.807, 2.05) is 18.2 Å². The van der Waals surface area contributed by atoms with Gasteiger partial charge in [-0.25, -0.2) is 0 Å². The SMILES string of the molecule is CCCNc1cccc(Br)c1N. The van der Waals surface area contributed by atoms with Gasteiger partial charge in [0.15, 0.2) is 0 Å². The van der Waals surface area contributed by atoms with Gasteiger partial charge in [-0.3, -0.25) is 0 Å². The summed E-state index contributed by atoms with van der Waals surface area (Å²) in [7, 11) is 0. The molecule has 0 saturated carbocycles. The van der Waals surface area contributed by atoms with Gasteiger partial charge in [-0.2, -0.15) is 0 Å². The lowest BCUT2D eigenvalue weighted by atomic mass is 10.2. The molecule has 0 aliphatic heterocycles. The Kier molecular flexibility index (Phi) is 3.41. The van der Waals surface area contributed by atoms with Crippen molar-refractivity contribution in [1.29, 1.82) is 0 Å². The van der Waals surface area contributed by atoms with Gasteiger partial charge in [-0.15, -0.1) is 0 Å². The van der Waals surface area contributed by atoms with Crippen LogP contribution < -0.4 is 11.1 Å². The minimum Gasteiger partial charge on any atom is -0.396 e. The van der Waals surface area contributed by atoms with Gasteiger partial charge in [-0.05, 0) is 34.5 Å². The Hall–Kier alpha value is -0.700. The van der Waals surface area contributed by atoms with Crippen molar-refractivity contribution in [3.8, 4) is 0 Å². The Morgan fingerprint density at radius 1 is 1.50 bits per heavy atom. The highest BCUT2D eigenvalue weighted by Crippen LogP contribution is 2.26. The first kappa shape index (κ1) is 9.39. The summed E-state index contributed by atoms with van der Waals surface area (Å²) in [6.07, 6.45) is 1.10. The first-order valence-corrected chi connectivity index (χ1v) is 4.83. The molecule has 0 aliphatic rings. The Labute approximate surface area is 81.3 Å². The molecule has 3 N–H and O–H groups in total. The van der Waals surface area contributed by atoms with Crippen molar-refractivity contribution in [2.45, 2.75) is 13.3 Å². The van der Waals surface area contributed by atoms with E-state index in [4.69, 9.17) is 5.73 Å². The summed E-state index contributed by atoms with van der Waals surface area (Å²) in [5.41, 5.74) is 7.60. The minimum absolute atomic E-state index is 0.783. The van der Waals surface area contributed by atoms with E-state index in [-0.39, 0.29) is 0 Å². The molecular formula is C9H13BrN2. The summed E-state index contributed by atoms with van der Waals surface area (Å²) in [6, 6.07) is 5.89. The van der Waals surface area contributed by atoms with Crippen LogP contribution in [0.1, 0.15) is 13.3 Å². The van der Waals surface area contributed by atoms with Crippen molar-refractivity contribution in [1.82, 2.24) is 0 Å². The van der Waals surface area contributed by atoms with E-state index in [0.717, 1.165) is 28.8 Å². The average molecular weight is 229 g/mol. The maximum absolute atomic E-state index is 5.81. The number of hydrogen-bond acceptors (Lipinski definition) is 2. The molecule has 12 heavy (non-hydrogen) atoms. The second kappa shape index (κ2) is 4.36. The van der Waals surface area contributed by atoms with Crippen LogP contribution in [0.5, 0.6) is 0 Å². The van der Waals surface area contributed by atoms with Crippen LogP contribution in [0.2, 0.25) is 0 Å². The van der Waals surface area contributed by atoms with Crippen molar-refractivity contribution in [2.24, 2.45) is 0 Å². The van der Waals surface area contributed by atoms with E-state index in [2.05, 4.69) is 28.2 Å². The standard InChI is InChI=1S/C9H13BrN2/c1-2-6-12-8-5-3-4-7(10)9(8)11/h3-5,12H,2,6,11H2,1H3. The smallest absolute Gasteiger partial charge is 0.0694 e. The number of para-hydroxylation sites is 1. The molecule has 0 amide bonds. The molecule has 0 atom stereocenters. The zero-order valence-electron chi connectivity index (χ0n) is 7.10. The molecule has 0 heterocycles. The number of anilines is 2. The Balaban J connectivity index is 2.78. The zero-order chi connectivity index (χ0) is 8.97. The first-order chi connectivity index (χ1) is 5.75. The Morgan fingerprint density at radius 2 is 2.25 bits per heavy atom. The molecule has 0 saturated heterocycles. The molecular weight excluding hydrogens is 216 g/mol. The first-order valence-electron chi connectivity index (χ1n) is 4.03. The Morgan fingerprint density at radius 3 is 2.92 bits per heavy atom. The summed E-state index contributed by atoms with van der Waals surface area (Å²) >= 11 is 3.37. The van der Waals surface area contributed by atoms with Crippen LogP contribution in [0.3, 0.4) is 0 Å². The van der Waals surface area contributed by atoms with Gasteiger partial charge in [0.1, 0.15) is 0 Å². The normalized spacial score (nSPS) is 9.83. The van der Waals surface area contributed by atoms with Gasteiger partial charge in [-0.1, -0.05) is 13.0 Å². The molecule has 2 nitrogen and oxygen atoms in total. The number of halogens is 1. The van der Waals surface area contributed by atoms with E-state index in [1.165, 1.54) is 0 Å². The molecule has 1 rings (SSSR count). The lowest BCUT2D eigenvalue weighted by molar-refractivity contribution is 0.980. The van der Waals surface area contributed by atoms with E-state index >= 15 is 0 Å². The third-order valence-electron chi connectivity index (χ3n) is 1.62. The Bertz CT molecular complexity index is 261. The highest BCUT2D eigenvalue weighted by atomic mass is 79.9. The number of benzene rings is 1. The third-order valence-corrected chi connectivity index (χ3v) is 2.31. The predicted octanol–water partition coefficient (Wildman–Crippen LogP) is 2.85. The second-order valence-corrected chi connectivity index (χ2v) is 3.48. The number of nitrogens with two attached hydrogens (primary N) is 1. The van der Waals surface area contributed by atoms with Crippen LogP contribution in [0.25, 0.3) is 0 Å².